The van der Waals surface area contributed by atoms with Gasteiger partial charge in [0.15, 0.2) is 0 Å². The van der Waals surface area contributed by atoms with E-state index in [1.165, 1.54) is 0 Å². The fourth-order valence-corrected chi connectivity index (χ4v) is 2.87. The third-order valence-electron chi connectivity index (χ3n) is 4.08. The topological polar surface area (TPSA) is 71.0 Å². The number of aliphatic hydroxyl groups excluding tert-OH is 2. The minimum Gasteiger partial charge on any atom is -0.497 e. The zero-order chi connectivity index (χ0) is 15.2. The summed E-state index contributed by atoms with van der Waals surface area (Å²) in [5, 5.41) is 23.1. The minimum absolute atomic E-state index is 0.153. The third-order valence-corrected chi connectivity index (χ3v) is 4.08. The van der Waals surface area contributed by atoms with Crippen LogP contribution < -0.4 is 14.8 Å². The van der Waals surface area contributed by atoms with Gasteiger partial charge in [-0.25, -0.2) is 0 Å². The third kappa shape index (κ3) is 4.33. The van der Waals surface area contributed by atoms with Crippen LogP contribution >= 0.6 is 0 Å². The molecule has 3 unspecified atom stereocenters. The van der Waals surface area contributed by atoms with Gasteiger partial charge in [0.25, 0.3) is 0 Å². The van der Waals surface area contributed by atoms with Crippen molar-refractivity contribution in [3.8, 4) is 11.5 Å². The Morgan fingerprint density at radius 3 is 2.71 bits per heavy atom. The van der Waals surface area contributed by atoms with Crippen LogP contribution in [0.5, 0.6) is 11.5 Å². The van der Waals surface area contributed by atoms with Gasteiger partial charge in [-0.3, -0.25) is 0 Å². The second-order valence-corrected chi connectivity index (χ2v) is 5.61. The first-order valence-electron chi connectivity index (χ1n) is 7.42. The van der Waals surface area contributed by atoms with E-state index >= 15 is 0 Å². The minimum atomic E-state index is -0.652. The maximum Gasteiger partial charge on any atom is 0.124 e. The molecule has 1 fully saturated rings. The fraction of sp³-hybridized carbons (Fsp3) is 0.625. The molecule has 0 aliphatic heterocycles. The van der Waals surface area contributed by atoms with Crippen molar-refractivity contribution in [1.29, 1.82) is 0 Å². The summed E-state index contributed by atoms with van der Waals surface area (Å²) >= 11 is 0. The van der Waals surface area contributed by atoms with E-state index in [1.807, 2.05) is 6.07 Å². The van der Waals surface area contributed by atoms with Gasteiger partial charge >= 0.3 is 0 Å². The first-order valence-corrected chi connectivity index (χ1v) is 7.42. The summed E-state index contributed by atoms with van der Waals surface area (Å²) in [4.78, 5) is 0. The van der Waals surface area contributed by atoms with Crippen LogP contribution in [-0.2, 0) is 0 Å². The van der Waals surface area contributed by atoms with Crippen LogP contribution in [0.2, 0.25) is 0 Å². The normalized spacial score (nSPS) is 23.0. The molecule has 1 aromatic rings. The number of benzene rings is 1. The zero-order valence-electron chi connectivity index (χ0n) is 12.7. The van der Waals surface area contributed by atoms with E-state index in [-0.39, 0.29) is 6.10 Å². The number of aliphatic hydroxyl groups is 2. The van der Waals surface area contributed by atoms with E-state index in [1.54, 1.807) is 26.4 Å². The highest BCUT2D eigenvalue weighted by molar-refractivity contribution is 5.41. The Kier molecular flexibility index (Phi) is 5.85. The van der Waals surface area contributed by atoms with Gasteiger partial charge in [0.2, 0.25) is 0 Å². The van der Waals surface area contributed by atoms with E-state index in [2.05, 4.69) is 5.32 Å². The monoisotopic (exact) mass is 295 g/mol. The smallest absolute Gasteiger partial charge is 0.124 e. The van der Waals surface area contributed by atoms with Gasteiger partial charge in [-0.2, -0.15) is 0 Å². The standard InChI is InChI=1S/C16H25NO4/c1-20-13-5-6-16(21-2)14(8-13)15(19)10-17-9-11-3-4-12(18)7-11/h5-6,8,11-12,15,17-19H,3-4,7,9-10H2,1-2H3. The van der Waals surface area contributed by atoms with Crippen molar-refractivity contribution in [3.05, 3.63) is 23.8 Å². The van der Waals surface area contributed by atoms with Crippen LogP contribution in [-0.4, -0.2) is 43.6 Å². The molecule has 0 spiro atoms. The van der Waals surface area contributed by atoms with Gasteiger partial charge in [-0.05, 0) is 49.9 Å². The first kappa shape index (κ1) is 16.1. The number of hydrogen-bond acceptors (Lipinski definition) is 5. The van der Waals surface area contributed by atoms with Crippen molar-refractivity contribution in [3.63, 3.8) is 0 Å². The maximum atomic E-state index is 10.3. The summed E-state index contributed by atoms with van der Waals surface area (Å²) in [5.41, 5.74) is 0.718. The SMILES string of the molecule is COc1ccc(OC)c(C(O)CNCC2CCC(O)C2)c1. The molecule has 3 atom stereocenters. The lowest BCUT2D eigenvalue weighted by Gasteiger charge is -2.18. The Morgan fingerprint density at radius 1 is 1.29 bits per heavy atom. The number of rotatable bonds is 7. The lowest BCUT2D eigenvalue weighted by molar-refractivity contribution is 0.164. The van der Waals surface area contributed by atoms with E-state index in [4.69, 9.17) is 9.47 Å². The molecule has 2 rings (SSSR count). The van der Waals surface area contributed by atoms with Crippen LogP contribution in [0.15, 0.2) is 18.2 Å². The molecule has 0 bridgehead atoms. The number of hydrogen-bond donors (Lipinski definition) is 3. The summed E-state index contributed by atoms with van der Waals surface area (Å²) in [5.74, 6) is 1.85. The highest BCUT2D eigenvalue weighted by atomic mass is 16.5. The summed E-state index contributed by atoms with van der Waals surface area (Å²) in [7, 11) is 3.19. The van der Waals surface area contributed by atoms with Crippen LogP contribution in [0.1, 0.15) is 30.9 Å². The van der Waals surface area contributed by atoms with Crippen LogP contribution in [0.25, 0.3) is 0 Å². The van der Waals surface area contributed by atoms with E-state index in [0.29, 0.717) is 24.0 Å². The fourth-order valence-electron chi connectivity index (χ4n) is 2.87. The predicted molar refractivity (Wildman–Crippen MR) is 80.7 cm³/mol. The molecule has 0 saturated heterocycles. The number of nitrogens with one attached hydrogen (secondary N) is 1. The largest absolute Gasteiger partial charge is 0.497 e. The van der Waals surface area contributed by atoms with Crippen molar-refractivity contribution >= 4 is 0 Å². The van der Waals surface area contributed by atoms with Crippen molar-refractivity contribution in [2.24, 2.45) is 5.92 Å². The number of methoxy groups -OCH3 is 2. The summed E-state index contributed by atoms with van der Waals surface area (Å²) < 4.78 is 10.5. The molecule has 1 aliphatic carbocycles. The Bertz CT molecular complexity index is 452. The summed E-state index contributed by atoms with van der Waals surface area (Å²) in [6.07, 6.45) is 1.98. The van der Waals surface area contributed by atoms with Crippen molar-refractivity contribution in [2.75, 3.05) is 27.3 Å². The van der Waals surface area contributed by atoms with Crippen molar-refractivity contribution in [2.45, 2.75) is 31.5 Å². The highest BCUT2D eigenvalue weighted by Gasteiger charge is 2.22. The van der Waals surface area contributed by atoms with Gasteiger partial charge < -0.3 is 25.0 Å². The number of ether oxygens (including phenoxy) is 2. The van der Waals surface area contributed by atoms with Crippen LogP contribution in [0, 0.1) is 5.92 Å². The molecule has 0 radical (unpaired) electrons. The molecule has 3 N–H and O–H groups in total. The van der Waals surface area contributed by atoms with E-state index in [0.717, 1.165) is 31.4 Å². The second kappa shape index (κ2) is 7.64. The quantitative estimate of drug-likeness (QED) is 0.711. The molecule has 0 aromatic heterocycles. The molecule has 1 aliphatic rings. The molecule has 21 heavy (non-hydrogen) atoms. The predicted octanol–water partition coefficient (Wildman–Crippen LogP) is 1.49. The Hall–Kier alpha value is -1.30. The molecule has 0 heterocycles. The van der Waals surface area contributed by atoms with E-state index in [9.17, 15) is 10.2 Å². The van der Waals surface area contributed by atoms with Gasteiger partial charge in [-0.1, -0.05) is 0 Å². The molecule has 0 amide bonds. The lowest BCUT2D eigenvalue weighted by atomic mass is 10.1. The van der Waals surface area contributed by atoms with Gasteiger partial charge in [0, 0.05) is 12.1 Å². The Labute approximate surface area is 125 Å². The van der Waals surface area contributed by atoms with Gasteiger partial charge in [0.05, 0.1) is 26.4 Å². The second-order valence-electron chi connectivity index (χ2n) is 5.61. The Morgan fingerprint density at radius 2 is 2.10 bits per heavy atom. The van der Waals surface area contributed by atoms with Gasteiger partial charge in [-0.15, -0.1) is 0 Å². The maximum absolute atomic E-state index is 10.3. The van der Waals surface area contributed by atoms with Crippen molar-refractivity contribution in [1.82, 2.24) is 5.32 Å². The molecular formula is C16H25NO4. The summed E-state index contributed by atoms with van der Waals surface area (Å²) in [6, 6.07) is 5.40. The first-order chi connectivity index (χ1) is 10.1. The highest BCUT2D eigenvalue weighted by Crippen LogP contribution is 2.29. The lowest BCUT2D eigenvalue weighted by Crippen LogP contribution is -2.27. The van der Waals surface area contributed by atoms with Crippen molar-refractivity contribution < 1.29 is 19.7 Å². The zero-order valence-corrected chi connectivity index (χ0v) is 12.7. The van der Waals surface area contributed by atoms with Crippen LogP contribution in [0.4, 0.5) is 0 Å². The molecule has 5 nitrogen and oxygen atoms in total. The van der Waals surface area contributed by atoms with Crippen LogP contribution in [0.3, 0.4) is 0 Å². The molecule has 5 heteroatoms. The molecule has 1 aromatic carbocycles. The average molecular weight is 295 g/mol. The summed E-state index contributed by atoms with van der Waals surface area (Å²) in [6.45, 7) is 1.27. The molecular weight excluding hydrogens is 270 g/mol. The average Bonchev–Trinajstić information content (AvgIpc) is 2.91. The molecule has 118 valence electrons. The molecule has 1 saturated carbocycles. The van der Waals surface area contributed by atoms with E-state index < -0.39 is 6.10 Å². The van der Waals surface area contributed by atoms with Gasteiger partial charge in [0.1, 0.15) is 11.5 Å². The Balaban J connectivity index is 1.88.